The van der Waals surface area contributed by atoms with E-state index in [2.05, 4.69) is 31.6 Å². The Kier molecular flexibility index (Phi) is 7.87. The van der Waals surface area contributed by atoms with Crippen molar-refractivity contribution >= 4 is 28.6 Å². The van der Waals surface area contributed by atoms with E-state index in [1.165, 1.54) is 18.5 Å². The number of nitrogens with one attached hydrogen (secondary N) is 2. The number of nitriles is 1. The lowest BCUT2D eigenvalue weighted by atomic mass is 9.90. The number of rotatable bonds is 9. The number of benzene rings is 1. The van der Waals surface area contributed by atoms with E-state index >= 15 is 4.39 Å². The standard InChI is InChI=1S/C26H30F3N9O/c1-25(2,13-30)14-37-9-8-20(26(3,29)15-37)33-24-34-23(39-4)22-17(7-10-38(22)36-24)16-5-6-18(35-31)19(11-16)32-12-21(27)28/h5-7,10-11,21,31-32H,8-9,12,14-15H2,1-4H3/b33-20+,35-31?. The SMILES string of the molecule is COc1nc(/N=C2\CCN(CC(C)(C)C#N)CC2(C)F)nn2ccc(-c3ccc(N=N)c(NCC(F)F)c3)c12. The van der Waals surface area contributed by atoms with Gasteiger partial charge in [-0.1, -0.05) is 6.07 Å². The molecule has 1 unspecified atom stereocenters. The molecule has 1 atom stereocenters. The van der Waals surface area contributed by atoms with Crippen LogP contribution in [0.5, 0.6) is 5.88 Å². The van der Waals surface area contributed by atoms with Gasteiger partial charge in [0.15, 0.2) is 5.67 Å². The van der Waals surface area contributed by atoms with E-state index in [0.29, 0.717) is 41.9 Å². The summed E-state index contributed by atoms with van der Waals surface area (Å²) in [5.74, 6) is 0.239. The number of ether oxygens (including phenoxy) is 1. The molecule has 10 nitrogen and oxygen atoms in total. The Hall–Kier alpha value is -4.05. The van der Waals surface area contributed by atoms with Gasteiger partial charge in [0.25, 0.3) is 12.4 Å². The molecule has 3 aromatic rings. The third kappa shape index (κ3) is 6.17. The molecule has 206 valence electrons. The number of methoxy groups -OCH3 is 1. The first-order valence-corrected chi connectivity index (χ1v) is 12.3. The van der Waals surface area contributed by atoms with Crippen molar-refractivity contribution in [2.24, 2.45) is 15.5 Å². The highest BCUT2D eigenvalue weighted by molar-refractivity contribution is 5.95. The van der Waals surface area contributed by atoms with Crippen molar-refractivity contribution in [1.29, 1.82) is 10.8 Å². The number of piperidine rings is 1. The number of halogens is 3. The first-order valence-electron chi connectivity index (χ1n) is 12.3. The second kappa shape index (κ2) is 11.0. The first-order chi connectivity index (χ1) is 18.5. The van der Waals surface area contributed by atoms with Gasteiger partial charge >= 0.3 is 0 Å². The zero-order valence-electron chi connectivity index (χ0n) is 22.2. The second-order valence-corrected chi connectivity index (χ2v) is 10.3. The molecule has 0 amide bonds. The van der Waals surface area contributed by atoms with Gasteiger partial charge in [0.1, 0.15) is 11.2 Å². The molecule has 0 aliphatic carbocycles. The molecule has 1 aliphatic rings. The van der Waals surface area contributed by atoms with E-state index in [0.717, 1.165) is 0 Å². The highest BCUT2D eigenvalue weighted by Crippen LogP contribution is 2.36. The second-order valence-electron chi connectivity index (χ2n) is 10.3. The number of hydrogen-bond acceptors (Lipinski definition) is 9. The topological polar surface area (TPSA) is 127 Å². The van der Waals surface area contributed by atoms with Gasteiger partial charge in [0.2, 0.25) is 5.88 Å². The lowest BCUT2D eigenvalue weighted by Gasteiger charge is -2.38. The van der Waals surface area contributed by atoms with Crippen LogP contribution in [-0.4, -0.2) is 70.6 Å². The summed E-state index contributed by atoms with van der Waals surface area (Å²) in [6.45, 7) is 5.65. The van der Waals surface area contributed by atoms with Crippen molar-refractivity contribution in [3.05, 3.63) is 30.5 Å². The van der Waals surface area contributed by atoms with Crippen LogP contribution >= 0.6 is 0 Å². The van der Waals surface area contributed by atoms with Crippen LogP contribution < -0.4 is 10.1 Å². The predicted molar refractivity (Wildman–Crippen MR) is 141 cm³/mol. The summed E-state index contributed by atoms with van der Waals surface area (Å²) in [5, 5.41) is 19.8. The largest absolute Gasteiger partial charge is 0.479 e. The number of fused-ring (bicyclic) bond motifs is 1. The minimum atomic E-state index is -2.57. The van der Waals surface area contributed by atoms with Gasteiger partial charge in [0, 0.05) is 37.8 Å². The van der Waals surface area contributed by atoms with Gasteiger partial charge in [-0.15, -0.1) is 5.10 Å². The van der Waals surface area contributed by atoms with Gasteiger partial charge in [-0.2, -0.15) is 15.4 Å². The van der Waals surface area contributed by atoms with Gasteiger partial charge in [-0.3, -0.25) is 4.90 Å². The molecule has 4 rings (SSSR count). The Bertz CT molecular complexity index is 1440. The summed E-state index contributed by atoms with van der Waals surface area (Å²) in [6, 6.07) is 8.90. The molecule has 1 aliphatic heterocycles. The summed E-state index contributed by atoms with van der Waals surface area (Å²) < 4.78 is 48.2. The summed E-state index contributed by atoms with van der Waals surface area (Å²) in [5.41, 5.74) is 7.64. The van der Waals surface area contributed by atoms with E-state index in [-0.39, 0.29) is 29.7 Å². The fourth-order valence-corrected chi connectivity index (χ4v) is 4.67. The average molecular weight is 542 g/mol. The Balaban J connectivity index is 1.66. The van der Waals surface area contributed by atoms with E-state index in [4.69, 9.17) is 10.3 Å². The third-order valence-corrected chi connectivity index (χ3v) is 6.48. The fraction of sp³-hybridized carbons (Fsp3) is 0.462. The van der Waals surface area contributed by atoms with Gasteiger partial charge in [-0.25, -0.2) is 28.2 Å². The summed E-state index contributed by atoms with van der Waals surface area (Å²) in [7, 11) is 1.45. The van der Waals surface area contributed by atoms with Crippen molar-refractivity contribution in [1.82, 2.24) is 19.5 Å². The van der Waals surface area contributed by atoms with Crippen LogP contribution in [0, 0.1) is 22.3 Å². The number of anilines is 1. The van der Waals surface area contributed by atoms with E-state index in [9.17, 15) is 14.0 Å². The number of aromatic nitrogens is 3. The maximum atomic E-state index is 15.7. The molecule has 13 heteroatoms. The smallest absolute Gasteiger partial charge is 0.270 e. The Morgan fingerprint density at radius 3 is 2.74 bits per heavy atom. The predicted octanol–water partition coefficient (Wildman–Crippen LogP) is 5.80. The summed E-state index contributed by atoms with van der Waals surface area (Å²) in [6.07, 6.45) is -0.537. The van der Waals surface area contributed by atoms with Crippen molar-refractivity contribution < 1.29 is 17.9 Å². The molecule has 1 saturated heterocycles. The Morgan fingerprint density at radius 1 is 1.33 bits per heavy atom. The Labute approximate surface area is 224 Å². The average Bonchev–Trinajstić information content (AvgIpc) is 3.32. The summed E-state index contributed by atoms with van der Waals surface area (Å²) in [4.78, 5) is 10.8. The van der Waals surface area contributed by atoms with Crippen molar-refractivity contribution in [3.8, 4) is 23.1 Å². The molecule has 0 saturated carbocycles. The first kappa shape index (κ1) is 28.0. The summed E-state index contributed by atoms with van der Waals surface area (Å²) >= 11 is 0. The molecule has 0 bridgehead atoms. The highest BCUT2D eigenvalue weighted by Gasteiger charge is 2.38. The maximum absolute atomic E-state index is 15.7. The number of alkyl halides is 3. The molecule has 0 spiro atoms. The van der Waals surface area contributed by atoms with Crippen LogP contribution in [0.4, 0.5) is 30.5 Å². The monoisotopic (exact) mass is 541 g/mol. The van der Waals surface area contributed by atoms with Gasteiger partial charge in [-0.05, 0) is 44.5 Å². The zero-order valence-corrected chi connectivity index (χ0v) is 22.2. The van der Waals surface area contributed by atoms with E-state index < -0.39 is 24.1 Å². The number of aliphatic imine (C=N–C) groups is 1. The molecule has 1 aromatic carbocycles. The highest BCUT2D eigenvalue weighted by atomic mass is 19.3. The van der Waals surface area contributed by atoms with Crippen LogP contribution in [0.2, 0.25) is 0 Å². The molecular weight excluding hydrogens is 511 g/mol. The van der Waals surface area contributed by atoms with Gasteiger partial charge in [0.05, 0.1) is 36.5 Å². The lowest BCUT2D eigenvalue weighted by Crippen LogP contribution is -2.52. The van der Waals surface area contributed by atoms with Crippen molar-refractivity contribution in [2.45, 2.75) is 39.3 Å². The minimum Gasteiger partial charge on any atom is -0.479 e. The van der Waals surface area contributed by atoms with Crippen molar-refractivity contribution in [2.75, 3.05) is 38.6 Å². The van der Waals surface area contributed by atoms with Crippen molar-refractivity contribution in [3.63, 3.8) is 0 Å². The Morgan fingerprint density at radius 2 is 2.10 bits per heavy atom. The number of hydrogen-bond donors (Lipinski definition) is 2. The molecule has 39 heavy (non-hydrogen) atoms. The van der Waals surface area contributed by atoms with Crippen LogP contribution in [0.1, 0.15) is 27.2 Å². The molecule has 0 radical (unpaired) electrons. The lowest BCUT2D eigenvalue weighted by molar-refractivity contribution is 0.120. The van der Waals surface area contributed by atoms with Gasteiger partial charge < -0.3 is 10.1 Å². The van der Waals surface area contributed by atoms with E-state index in [1.807, 2.05) is 18.7 Å². The minimum absolute atomic E-state index is 0.0359. The van der Waals surface area contributed by atoms with Crippen LogP contribution in [0.15, 0.2) is 40.6 Å². The molecule has 3 heterocycles. The maximum Gasteiger partial charge on any atom is 0.270 e. The number of likely N-dealkylation sites (tertiary alicyclic amines) is 1. The molecular formula is C26H30F3N9O. The van der Waals surface area contributed by atoms with Crippen LogP contribution in [0.25, 0.3) is 16.6 Å². The van der Waals surface area contributed by atoms with E-state index in [1.54, 1.807) is 30.5 Å². The van der Waals surface area contributed by atoms with Crippen LogP contribution in [0.3, 0.4) is 0 Å². The molecule has 1 fully saturated rings. The fourth-order valence-electron chi connectivity index (χ4n) is 4.67. The normalized spacial score (nSPS) is 19.4. The molecule has 2 aromatic heterocycles. The van der Waals surface area contributed by atoms with Crippen LogP contribution in [-0.2, 0) is 0 Å². The molecule has 2 N–H and O–H groups in total. The zero-order chi connectivity index (χ0) is 28.4. The third-order valence-electron chi connectivity index (χ3n) is 6.48. The quantitative estimate of drug-likeness (QED) is 0.330. The number of nitrogens with zero attached hydrogens (tertiary/aromatic N) is 7.